The third-order valence-electron chi connectivity index (χ3n) is 3.78. The minimum absolute atomic E-state index is 0.549. The molecular weight excluding hydrogens is 286 g/mol. The van der Waals surface area contributed by atoms with E-state index in [-0.39, 0.29) is 0 Å². The van der Waals surface area contributed by atoms with E-state index in [2.05, 4.69) is 50.5 Å². The maximum Gasteiger partial charge on any atom is 0.128 e. The van der Waals surface area contributed by atoms with Gasteiger partial charge in [-0.1, -0.05) is 48.9 Å². The van der Waals surface area contributed by atoms with Crippen molar-refractivity contribution in [2.75, 3.05) is 12.6 Å². The third-order valence-corrected chi connectivity index (χ3v) is 3.78. The zero-order chi connectivity index (χ0) is 16.7. The van der Waals surface area contributed by atoms with Gasteiger partial charge in [-0.05, 0) is 43.5 Å². The van der Waals surface area contributed by atoms with Crippen LogP contribution in [0.15, 0.2) is 54.1 Å². The lowest BCUT2D eigenvalue weighted by Crippen LogP contribution is -2.04. The largest absolute Gasteiger partial charge is 0.488 e. The van der Waals surface area contributed by atoms with Crippen LogP contribution in [0, 0.1) is 6.92 Å². The van der Waals surface area contributed by atoms with Crippen molar-refractivity contribution < 1.29 is 9.57 Å². The minimum Gasteiger partial charge on any atom is -0.488 e. The fraction of sp³-hybridized carbons (Fsp3) is 0.300. The third kappa shape index (κ3) is 4.60. The molecule has 2 rings (SSSR count). The molecule has 0 aliphatic carbocycles. The van der Waals surface area contributed by atoms with Gasteiger partial charge < -0.3 is 4.74 Å². The summed E-state index contributed by atoms with van der Waals surface area (Å²) in [7, 11) is 1.62. The van der Waals surface area contributed by atoms with Crippen molar-refractivity contribution in [1.29, 1.82) is 0 Å². The summed E-state index contributed by atoms with van der Waals surface area (Å²) >= 11 is 0. The number of hydrogen-bond acceptors (Lipinski definition) is 3. The van der Waals surface area contributed by atoms with Crippen LogP contribution >= 0.6 is 0 Å². The van der Waals surface area contributed by atoms with E-state index >= 15 is 0 Å². The van der Waals surface area contributed by atoms with E-state index in [1.54, 1.807) is 7.11 Å². The number of aryl methyl sites for hydroxylation is 1. The Kier molecular flexibility index (Phi) is 6.24. The van der Waals surface area contributed by atoms with Crippen molar-refractivity contribution in [2.24, 2.45) is 0 Å². The fourth-order valence-electron chi connectivity index (χ4n) is 2.37. The molecule has 1 N–H and O–H groups in total. The van der Waals surface area contributed by atoms with Gasteiger partial charge in [-0.25, -0.2) is 0 Å². The number of hydrogen-bond donors (Lipinski definition) is 1. The van der Waals surface area contributed by atoms with Gasteiger partial charge in [-0.3, -0.25) is 10.3 Å². The molecule has 3 heteroatoms. The summed E-state index contributed by atoms with van der Waals surface area (Å²) in [6.45, 7) is 6.88. The lowest BCUT2D eigenvalue weighted by molar-refractivity contribution is 0.258. The average Bonchev–Trinajstić information content (AvgIpc) is 2.58. The number of ether oxygens (including phenoxy) is 1. The standard InChI is InChI=1S/C20H25NO2/c1-5-16(3)20(23-14-17-9-7-6-8-10-17)18-13-15(2)11-12-19(18)21-22-4/h6-13,21H,5,14H2,1-4H3/b20-16+. The Morgan fingerprint density at radius 1 is 1.09 bits per heavy atom. The summed E-state index contributed by atoms with van der Waals surface area (Å²) in [5.74, 6) is 0.916. The first kappa shape index (κ1) is 17.1. The maximum atomic E-state index is 6.19. The first-order chi connectivity index (χ1) is 11.2. The van der Waals surface area contributed by atoms with Gasteiger partial charge in [0.05, 0.1) is 12.8 Å². The first-order valence-electron chi connectivity index (χ1n) is 7.92. The van der Waals surface area contributed by atoms with Crippen LogP contribution in [-0.4, -0.2) is 7.11 Å². The molecule has 0 bridgehead atoms. The highest BCUT2D eigenvalue weighted by Gasteiger charge is 2.13. The van der Waals surface area contributed by atoms with E-state index in [0.717, 1.165) is 29.0 Å². The molecule has 2 aromatic carbocycles. The van der Waals surface area contributed by atoms with Gasteiger partial charge in [0, 0.05) is 5.56 Å². The van der Waals surface area contributed by atoms with Crippen LogP contribution in [0.1, 0.15) is 37.0 Å². The van der Waals surface area contributed by atoms with Gasteiger partial charge >= 0.3 is 0 Å². The molecule has 0 aromatic heterocycles. The molecule has 122 valence electrons. The Balaban J connectivity index is 2.34. The van der Waals surface area contributed by atoms with E-state index in [0.29, 0.717) is 6.61 Å². The lowest BCUT2D eigenvalue weighted by atomic mass is 10.0. The van der Waals surface area contributed by atoms with Crippen molar-refractivity contribution in [2.45, 2.75) is 33.8 Å². The van der Waals surface area contributed by atoms with Crippen LogP contribution < -0.4 is 5.48 Å². The molecule has 0 atom stereocenters. The Labute approximate surface area is 138 Å². The van der Waals surface area contributed by atoms with Crippen molar-refractivity contribution in [3.63, 3.8) is 0 Å². The fourth-order valence-corrected chi connectivity index (χ4v) is 2.37. The normalized spacial score (nSPS) is 11.8. The highest BCUT2D eigenvalue weighted by molar-refractivity contribution is 5.74. The van der Waals surface area contributed by atoms with Crippen molar-refractivity contribution in [1.82, 2.24) is 0 Å². The van der Waals surface area contributed by atoms with Gasteiger partial charge in [0.2, 0.25) is 0 Å². The smallest absolute Gasteiger partial charge is 0.128 e. The number of anilines is 1. The molecule has 0 saturated heterocycles. The van der Waals surface area contributed by atoms with E-state index in [9.17, 15) is 0 Å². The molecule has 0 heterocycles. The van der Waals surface area contributed by atoms with E-state index in [1.165, 1.54) is 11.1 Å². The molecule has 0 fully saturated rings. The van der Waals surface area contributed by atoms with Gasteiger partial charge in [-0.2, -0.15) is 0 Å². The lowest BCUT2D eigenvalue weighted by Gasteiger charge is -2.18. The number of rotatable bonds is 7. The Morgan fingerprint density at radius 2 is 1.83 bits per heavy atom. The van der Waals surface area contributed by atoms with Crippen LogP contribution in [0.2, 0.25) is 0 Å². The maximum absolute atomic E-state index is 6.19. The van der Waals surface area contributed by atoms with Crippen LogP contribution in [-0.2, 0) is 16.2 Å². The second-order valence-corrected chi connectivity index (χ2v) is 5.59. The van der Waals surface area contributed by atoms with Crippen molar-refractivity contribution in [3.05, 3.63) is 70.8 Å². The predicted octanol–water partition coefficient (Wildman–Crippen LogP) is 5.33. The zero-order valence-corrected chi connectivity index (χ0v) is 14.3. The quantitative estimate of drug-likeness (QED) is 0.554. The highest BCUT2D eigenvalue weighted by atomic mass is 16.6. The first-order valence-corrected chi connectivity index (χ1v) is 7.92. The van der Waals surface area contributed by atoms with Gasteiger partial charge in [0.15, 0.2) is 0 Å². The van der Waals surface area contributed by atoms with Gasteiger partial charge in [0.1, 0.15) is 12.4 Å². The monoisotopic (exact) mass is 311 g/mol. The number of nitrogens with one attached hydrogen (secondary N) is 1. The van der Waals surface area contributed by atoms with E-state index < -0.39 is 0 Å². The molecule has 0 saturated carbocycles. The van der Waals surface area contributed by atoms with Crippen LogP contribution in [0.4, 0.5) is 5.69 Å². The average molecular weight is 311 g/mol. The van der Waals surface area contributed by atoms with Crippen LogP contribution in [0.25, 0.3) is 5.76 Å². The number of benzene rings is 2. The molecule has 0 spiro atoms. The summed E-state index contributed by atoms with van der Waals surface area (Å²) in [4.78, 5) is 5.11. The molecule has 2 aromatic rings. The highest BCUT2D eigenvalue weighted by Crippen LogP contribution is 2.30. The molecule has 3 nitrogen and oxygen atoms in total. The second kappa shape index (κ2) is 8.39. The Bertz CT molecular complexity index is 663. The molecule has 0 amide bonds. The topological polar surface area (TPSA) is 30.5 Å². The molecule has 0 aliphatic rings. The SMILES string of the molecule is CC/C(C)=C(/OCc1ccccc1)c1cc(C)ccc1NOC. The molecular formula is C20H25NO2. The second-order valence-electron chi connectivity index (χ2n) is 5.59. The van der Waals surface area contributed by atoms with Gasteiger partial charge in [-0.15, -0.1) is 0 Å². The predicted molar refractivity (Wildman–Crippen MR) is 95.9 cm³/mol. The Morgan fingerprint density at radius 3 is 2.48 bits per heavy atom. The molecule has 0 aliphatic heterocycles. The summed E-state index contributed by atoms with van der Waals surface area (Å²) in [5.41, 5.74) is 8.44. The molecule has 0 radical (unpaired) electrons. The van der Waals surface area contributed by atoms with E-state index in [4.69, 9.17) is 9.57 Å². The van der Waals surface area contributed by atoms with Crippen molar-refractivity contribution >= 4 is 11.4 Å². The Hall–Kier alpha value is -2.26. The number of allylic oxidation sites excluding steroid dienone is 1. The van der Waals surface area contributed by atoms with Gasteiger partial charge in [0.25, 0.3) is 0 Å². The summed E-state index contributed by atoms with van der Waals surface area (Å²) in [6, 6.07) is 16.4. The molecule has 0 unspecified atom stereocenters. The minimum atomic E-state index is 0.549. The summed E-state index contributed by atoms with van der Waals surface area (Å²) in [5, 5.41) is 0. The molecule has 23 heavy (non-hydrogen) atoms. The van der Waals surface area contributed by atoms with E-state index in [1.807, 2.05) is 24.3 Å². The van der Waals surface area contributed by atoms with Crippen LogP contribution in [0.3, 0.4) is 0 Å². The van der Waals surface area contributed by atoms with Crippen molar-refractivity contribution in [3.8, 4) is 0 Å². The zero-order valence-electron chi connectivity index (χ0n) is 14.3. The van der Waals surface area contributed by atoms with Crippen LogP contribution in [0.5, 0.6) is 0 Å². The summed E-state index contributed by atoms with van der Waals surface area (Å²) in [6.07, 6.45) is 0.935. The summed E-state index contributed by atoms with van der Waals surface area (Å²) < 4.78 is 6.19.